The van der Waals surface area contributed by atoms with E-state index in [1.807, 2.05) is 35.1 Å². The molecule has 2 aromatic rings. The molecule has 0 aliphatic rings. The Balaban J connectivity index is 2.76. The van der Waals surface area contributed by atoms with Gasteiger partial charge in [-0.3, -0.25) is 0 Å². The van der Waals surface area contributed by atoms with Crippen molar-refractivity contribution in [2.45, 2.75) is 0 Å². The van der Waals surface area contributed by atoms with Crippen molar-refractivity contribution in [2.24, 2.45) is 0 Å². The number of hydrogen-bond acceptors (Lipinski definition) is 2. The summed E-state index contributed by atoms with van der Waals surface area (Å²) in [6.07, 6.45) is 3.73. The topological polar surface area (TPSA) is 29.3 Å². The fourth-order valence-corrected chi connectivity index (χ4v) is 1.42. The zero-order chi connectivity index (χ0) is 7.68. The molecule has 2 rings (SSSR count). The van der Waals surface area contributed by atoms with Crippen LogP contribution in [0.25, 0.3) is 5.52 Å². The minimum Gasteiger partial charge on any atom is -0.325 e. The highest BCUT2D eigenvalue weighted by atomic mass is 127. The van der Waals surface area contributed by atoms with Crippen LogP contribution in [-0.2, 0) is 0 Å². The molecule has 0 aliphatic heterocycles. The van der Waals surface area contributed by atoms with Gasteiger partial charge in [0.25, 0.3) is 0 Å². The molecule has 3 nitrogen and oxygen atoms in total. The highest BCUT2D eigenvalue weighted by Gasteiger charge is 1.98. The van der Waals surface area contributed by atoms with E-state index in [1.54, 1.807) is 0 Å². The molecule has 0 bridgehead atoms. The number of nitrogens with one attached hydrogen (secondary N) is 1. The van der Waals surface area contributed by atoms with Gasteiger partial charge in [0, 0.05) is 6.20 Å². The molecule has 0 saturated heterocycles. The van der Waals surface area contributed by atoms with E-state index < -0.39 is 0 Å². The van der Waals surface area contributed by atoms with Crippen molar-refractivity contribution in [1.82, 2.24) is 9.61 Å². The van der Waals surface area contributed by atoms with E-state index in [4.69, 9.17) is 0 Å². The summed E-state index contributed by atoms with van der Waals surface area (Å²) < 4.78 is 4.87. The molecule has 0 saturated carbocycles. The number of nitrogens with zero attached hydrogens (tertiary/aromatic N) is 2. The predicted molar refractivity (Wildman–Crippen MR) is 52.8 cm³/mol. The van der Waals surface area contributed by atoms with Crippen molar-refractivity contribution in [1.29, 1.82) is 0 Å². The zero-order valence-corrected chi connectivity index (χ0v) is 7.82. The van der Waals surface area contributed by atoms with Crippen LogP contribution in [0.5, 0.6) is 0 Å². The molecule has 0 radical (unpaired) electrons. The first kappa shape index (κ1) is 6.90. The van der Waals surface area contributed by atoms with Crippen LogP contribution in [0.15, 0.2) is 30.6 Å². The average Bonchev–Trinajstić information content (AvgIpc) is 2.47. The first-order valence-corrected chi connectivity index (χ1v) is 4.29. The first-order valence-electron chi connectivity index (χ1n) is 3.21. The second kappa shape index (κ2) is 2.69. The van der Waals surface area contributed by atoms with Gasteiger partial charge in [-0.05, 0) is 12.1 Å². The second-order valence-corrected chi connectivity index (χ2v) is 2.72. The zero-order valence-electron chi connectivity index (χ0n) is 5.66. The van der Waals surface area contributed by atoms with Crippen molar-refractivity contribution in [3.63, 3.8) is 0 Å². The fourth-order valence-electron chi connectivity index (χ4n) is 1.01. The summed E-state index contributed by atoms with van der Waals surface area (Å²) in [6.45, 7) is 0. The lowest BCUT2D eigenvalue weighted by Crippen LogP contribution is -1.83. The molecule has 0 unspecified atom stereocenters. The largest absolute Gasteiger partial charge is 0.325 e. The Morgan fingerprint density at radius 3 is 3.18 bits per heavy atom. The van der Waals surface area contributed by atoms with Crippen LogP contribution in [0, 0.1) is 0 Å². The van der Waals surface area contributed by atoms with E-state index in [1.165, 1.54) is 0 Å². The Morgan fingerprint density at radius 1 is 1.45 bits per heavy atom. The molecule has 1 N–H and O–H groups in total. The standard InChI is InChI=1S/C7H6IN3/c8-10-6-5-9-11-4-2-1-3-7(6)11/h1-5,10H. The SMILES string of the molecule is INc1cnn2ccccc12. The number of aromatic nitrogens is 2. The van der Waals surface area contributed by atoms with Crippen molar-refractivity contribution >= 4 is 34.1 Å². The van der Waals surface area contributed by atoms with Crippen LogP contribution < -0.4 is 3.53 Å². The third-order valence-electron chi connectivity index (χ3n) is 1.53. The van der Waals surface area contributed by atoms with Gasteiger partial charge >= 0.3 is 0 Å². The van der Waals surface area contributed by atoms with Crippen molar-refractivity contribution < 1.29 is 0 Å². The normalized spacial score (nSPS) is 10.3. The van der Waals surface area contributed by atoms with E-state index in [2.05, 4.69) is 31.5 Å². The monoisotopic (exact) mass is 259 g/mol. The fraction of sp³-hybridized carbons (Fsp3) is 0. The molecule has 56 valence electrons. The van der Waals surface area contributed by atoms with Gasteiger partial charge in [-0.1, -0.05) is 6.07 Å². The summed E-state index contributed by atoms with van der Waals surface area (Å²) in [7, 11) is 0. The number of fused-ring (bicyclic) bond motifs is 1. The molecular formula is C7H6IN3. The van der Waals surface area contributed by atoms with Crippen LogP contribution >= 0.6 is 22.9 Å². The van der Waals surface area contributed by atoms with E-state index in [0.29, 0.717) is 0 Å². The van der Waals surface area contributed by atoms with Crippen LogP contribution in [-0.4, -0.2) is 9.61 Å². The smallest absolute Gasteiger partial charge is 0.0900 e. The van der Waals surface area contributed by atoms with E-state index in [-0.39, 0.29) is 0 Å². The lowest BCUT2D eigenvalue weighted by Gasteiger charge is -1.93. The molecule has 11 heavy (non-hydrogen) atoms. The lowest BCUT2D eigenvalue weighted by molar-refractivity contribution is 0.961. The quantitative estimate of drug-likeness (QED) is 0.627. The Labute approximate surface area is 77.9 Å². The molecule has 2 heterocycles. The Bertz CT molecular complexity index is 368. The summed E-state index contributed by atoms with van der Waals surface area (Å²) in [5.74, 6) is 0. The van der Waals surface area contributed by atoms with Gasteiger partial charge in [-0.15, -0.1) is 0 Å². The minimum absolute atomic E-state index is 1.05. The summed E-state index contributed by atoms with van der Waals surface area (Å²) in [5.41, 5.74) is 2.15. The van der Waals surface area contributed by atoms with Crippen LogP contribution in [0.2, 0.25) is 0 Å². The third kappa shape index (κ3) is 1.07. The maximum atomic E-state index is 4.14. The van der Waals surface area contributed by atoms with Gasteiger partial charge in [0.05, 0.1) is 40.3 Å². The minimum atomic E-state index is 1.05. The van der Waals surface area contributed by atoms with E-state index in [0.717, 1.165) is 11.2 Å². The van der Waals surface area contributed by atoms with Gasteiger partial charge < -0.3 is 3.53 Å². The molecule has 0 atom stereocenters. The molecule has 4 heteroatoms. The van der Waals surface area contributed by atoms with Gasteiger partial charge in [0.1, 0.15) is 0 Å². The van der Waals surface area contributed by atoms with Gasteiger partial charge in [0.15, 0.2) is 0 Å². The van der Waals surface area contributed by atoms with Crippen molar-refractivity contribution in [3.05, 3.63) is 30.6 Å². The average molecular weight is 259 g/mol. The molecular weight excluding hydrogens is 253 g/mol. The number of anilines is 1. The maximum Gasteiger partial charge on any atom is 0.0900 e. The lowest BCUT2D eigenvalue weighted by atomic mass is 10.4. The summed E-state index contributed by atoms with van der Waals surface area (Å²) in [5, 5.41) is 4.14. The summed E-state index contributed by atoms with van der Waals surface area (Å²) >= 11 is 2.09. The summed E-state index contributed by atoms with van der Waals surface area (Å²) in [6, 6.07) is 5.97. The van der Waals surface area contributed by atoms with Crippen molar-refractivity contribution in [3.8, 4) is 0 Å². The third-order valence-corrected chi connectivity index (χ3v) is 2.11. The first-order chi connectivity index (χ1) is 5.42. The van der Waals surface area contributed by atoms with Crippen LogP contribution in [0.4, 0.5) is 5.69 Å². The molecule has 0 aromatic carbocycles. The molecule has 0 amide bonds. The number of pyridine rings is 1. The molecule has 2 aromatic heterocycles. The Kier molecular flexibility index (Phi) is 1.69. The van der Waals surface area contributed by atoms with Crippen LogP contribution in [0.3, 0.4) is 0 Å². The highest BCUT2D eigenvalue weighted by Crippen LogP contribution is 2.16. The highest BCUT2D eigenvalue weighted by molar-refractivity contribution is 14.1. The number of halogens is 1. The Morgan fingerprint density at radius 2 is 2.36 bits per heavy atom. The van der Waals surface area contributed by atoms with Crippen LogP contribution in [0.1, 0.15) is 0 Å². The second-order valence-electron chi connectivity index (χ2n) is 2.18. The summed E-state index contributed by atoms with van der Waals surface area (Å²) in [4.78, 5) is 0. The van der Waals surface area contributed by atoms with Gasteiger partial charge in [0.2, 0.25) is 0 Å². The predicted octanol–water partition coefficient (Wildman–Crippen LogP) is 2.10. The van der Waals surface area contributed by atoms with E-state index in [9.17, 15) is 0 Å². The number of rotatable bonds is 1. The van der Waals surface area contributed by atoms with E-state index >= 15 is 0 Å². The Hall–Kier alpha value is -0.780. The maximum absolute atomic E-state index is 4.14. The van der Waals surface area contributed by atoms with Gasteiger partial charge in [-0.2, -0.15) is 5.10 Å². The molecule has 0 aliphatic carbocycles. The molecule has 0 fully saturated rings. The van der Waals surface area contributed by atoms with Gasteiger partial charge in [-0.25, -0.2) is 4.52 Å². The van der Waals surface area contributed by atoms with Crippen molar-refractivity contribution in [2.75, 3.05) is 3.53 Å². The number of hydrogen-bond donors (Lipinski definition) is 1. The molecule has 0 spiro atoms.